The first-order valence-electron chi connectivity index (χ1n) is 12.7. The molecule has 0 aromatic heterocycles. The third-order valence-corrected chi connectivity index (χ3v) is 7.45. The summed E-state index contributed by atoms with van der Waals surface area (Å²) >= 11 is 0. The van der Waals surface area contributed by atoms with Crippen molar-refractivity contribution in [2.24, 2.45) is 10.8 Å². The molecule has 39 heavy (non-hydrogen) atoms. The Kier molecular flexibility index (Phi) is 14.2. The van der Waals surface area contributed by atoms with Crippen molar-refractivity contribution in [1.82, 2.24) is 0 Å². The Morgan fingerprint density at radius 3 is 1.87 bits per heavy atom. The van der Waals surface area contributed by atoms with Gasteiger partial charge in [-0.3, -0.25) is 14.1 Å². The standard InChI is InChI=1S/C14H16.C8H16O5S.C6H9F3O2/c1-3-11(2)13-9-8-12-6-4-5-7-14(12)10-13;1-4-8(2,3)7(9)13-5-6-14(10,11)12;1-3-5(2,4(10)11)6(7,8)9/h4-11H,3H2,1-2H3;4-6H2,1-3H3,(H,10,11,12);3H2,1-2H3,(H,10,11). The van der Waals surface area contributed by atoms with Crippen LogP contribution in [0.25, 0.3) is 10.8 Å². The van der Waals surface area contributed by atoms with Gasteiger partial charge in [-0.2, -0.15) is 21.6 Å². The molecule has 2 atom stereocenters. The molecule has 0 saturated carbocycles. The molecule has 0 heterocycles. The Morgan fingerprint density at radius 2 is 1.49 bits per heavy atom. The van der Waals surface area contributed by atoms with E-state index in [4.69, 9.17) is 14.4 Å². The van der Waals surface area contributed by atoms with Crippen LogP contribution in [0, 0.1) is 10.8 Å². The lowest BCUT2D eigenvalue weighted by molar-refractivity contribution is -0.227. The fourth-order valence-electron chi connectivity index (χ4n) is 2.80. The summed E-state index contributed by atoms with van der Waals surface area (Å²) < 4.78 is 69.6. The molecule has 0 radical (unpaired) electrons. The molecule has 0 aliphatic heterocycles. The van der Waals surface area contributed by atoms with E-state index < -0.39 is 51.2 Å². The predicted molar refractivity (Wildman–Crippen MR) is 146 cm³/mol. The average Bonchev–Trinajstić information content (AvgIpc) is 2.86. The fraction of sp³-hybridized carbons (Fsp3) is 0.571. The highest BCUT2D eigenvalue weighted by molar-refractivity contribution is 7.85. The van der Waals surface area contributed by atoms with Crippen LogP contribution in [-0.4, -0.2) is 48.6 Å². The Morgan fingerprint density at radius 1 is 0.949 bits per heavy atom. The SMILES string of the molecule is CCC(C)(C(=O)O)C(F)(F)F.CCC(C)(C)C(=O)OCCS(=O)(=O)O.CCC(C)c1ccc2ccccc2c1. The highest BCUT2D eigenvalue weighted by Crippen LogP contribution is 2.40. The lowest BCUT2D eigenvalue weighted by Gasteiger charge is -2.25. The molecule has 7 nitrogen and oxygen atoms in total. The molecule has 0 spiro atoms. The number of carbonyl (C=O) groups is 2. The van der Waals surface area contributed by atoms with Gasteiger partial charge in [-0.05, 0) is 62.3 Å². The van der Waals surface area contributed by atoms with Gasteiger partial charge in [-0.1, -0.05) is 70.2 Å². The van der Waals surface area contributed by atoms with Crippen molar-refractivity contribution in [2.75, 3.05) is 12.4 Å². The van der Waals surface area contributed by atoms with Crippen LogP contribution in [-0.2, 0) is 24.4 Å². The van der Waals surface area contributed by atoms with Crippen LogP contribution in [0.2, 0.25) is 0 Å². The number of hydrogen-bond acceptors (Lipinski definition) is 5. The van der Waals surface area contributed by atoms with E-state index in [1.54, 1.807) is 13.8 Å². The molecular formula is C28H41F3O7S. The highest BCUT2D eigenvalue weighted by Gasteiger charge is 2.55. The van der Waals surface area contributed by atoms with Gasteiger partial charge in [-0.25, -0.2) is 0 Å². The number of aliphatic carboxylic acids is 1. The first-order valence-corrected chi connectivity index (χ1v) is 14.3. The van der Waals surface area contributed by atoms with E-state index in [-0.39, 0.29) is 6.61 Å². The van der Waals surface area contributed by atoms with Crippen molar-refractivity contribution < 1.29 is 45.6 Å². The van der Waals surface area contributed by atoms with E-state index in [0.29, 0.717) is 19.3 Å². The number of rotatable bonds is 9. The van der Waals surface area contributed by atoms with Crippen molar-refractivity contribution >= 4 is 32.8 Å². The minimum absolute atomic E-state index is 0.304. The van der Waals surface area contributed by atoms with Gasteiger partial charge in [-0.15, -0.1) is 0 Å². The number of ether oxygens (including phenoxy) is 1. The number of hydrogen-bond donors (Lipinski definition) is 2. The van der Waals surface area contributed by atoms with E-state index >= 15 is 0 Å². The van der Waals surface area contributed by atoms with Crippen LogP contribution in [0.15, 0.2) is 42.5 Å². The minimum atomic E-state index is -4.67. The normalized spacial score (nSPS) is 14.1. The highest BCUT2D eigenvalue weighted by atomic mass is 32.2. The molecule has 2 unspecified atom stereocenters. The molecule has 11 heteroatoms. The molecule has 0 fully saturated rings. The third kappa shape index (κ3) is 11.9. The maximum atomic E-state index is 12.0. The molecule has 2 rings (SSSR count). The second kappa shape index (κ2) is 15.2. The summed E-state index contributed by atoms with van der Waals surface area (Å²) in [7, 11) is -4.05. The van der Waals surface area contributed by atoms with Crippen LogP contribution < -0.4 is 0 Å². The summed E-state index contributed by atoms with van der Waals surface area (Å²) in [5.41, 5.74) is -1.77. The van der Waals surface area contributed by atoms with Crippen molar-refractivity contribution in [1.29, 1.82) is 0 Å². The zero-order valence-corrected chi connectivity index (χ0v) is 24.4. The molecule has 2 aromatic carbocycles. The van der Waals surface area contributed by atoms with E-state index in [0.717, 1.165) is 0 Å². The minimum Gasteiger partial charge on any atom is -0.481 e. The first kappa shape index (κ1) is 36.3. The van der Waals surface area contributed by atoms with E-state index in [1.807, 2.05) is 6.92 Å². The van der Waals surface area contributed by atoms with Gasteiger partial charge in [0.05, 0.1) is 5.41 Å². The number of carboxylic acid groups (broad SMARTS) is 1. The molecule has 0 amide bonds. The number of halogens is 3. The third-order valence-electron chi connectivity index (χ3n) is 6.77. The van der Waals surface area contributed by atoms with Crippen molar-refractivity contribution in [3.63, 3.8) is 0 Å². The van der Waals surface area contributed by atoms with E-state index in [1.165, 1.54) is 29.7 Å². The smallest absolute Gasteiger partial charge is 0.404 e. The summed E-state index contributed by atoms with van der Waals surface area (Å²) in [5.74, 6) is -2.17. The second-order valence-corrected chi connectivity index (χ2v) is 11.6. The van der Waals surface area contributed by atoms with E-state index in [9.17, 15) is 31.2 Å². The fourth-order valence-corrected chi connectivity index (χ4v) is 3.10. The quantitative estimate of drug-likeness (QED) is 0.238. The molecule has 222 valence electrons. The van der Waals surface area contributed by atoms with Crippen molar-refractivity contribution in [3.8, 4) is 0 Å². The van der Waals surface area contributed by atoms with E-state index in [2.05, 4.69) is 56.3 Å². The topological polar surface area (TPSA) is 118 Å². The summed E-state index contributed by atoms with van der Waals surface area (Å²) in [5, 5.41) is 10.9. The molecule has 2 aromatic rings. The Hall–Kier alpha value is -2.66. The monoisotopic (exact) mass is 578 g/mol. The molecule has 0 saturated heterocycles. The Labute approximate surface area is 229 Å². The predicted octanol–water partition coefficient (Wildman–Crippen LogP) is 7.26. The van der Waals surface area contributed by atoms with Crippen LogP contribution in [0.5, 0.6) is 0 Å². The summed E-state index contributed by atoms with van der Waals surface area (Å²) in [4.78, 5) is 21.5. The van der Waals surface area contributed by atoms with Gasteiger partial charge in [0.25, 0.3) is 10.1 Å². The second-order valence-electron chi connectivity index (χ2n) is 10.1. The summed E-state index contributed by atoms with van der Waals surface area (Å²) in [6.07, 6.45) is -3.31. The van der Waals surface area contributed by atoms with Gasteiger partial charge >= 0.3 is 18.1 Å². The Bertz CT molecular complexity index is 1180. The van der Waals surface area contributed by atoms with Crippen LogP contribution in [0.4, 0.5) is 13.2 Å². The first-order chi connectivity index (χ1) is 17.8. The number of carbonyl (C=O) groups excluding carboxylic acids is 1. The zero-order chi connectivity index (χ0) is 30.7. The lowest BCUT2D eigenvalue weighted by atomic mass is 9.87. The largest absolute Gasteiger partial charge is 0.481 e. The summed E-state index contributed by atoms with van der Waals surface area (Å²) in [6, 6.07) is 15.3. The summed E-state index contributed by atoms with van der Waals surface area (Å²) in [6.45, 7) is 11.3. The molecular weight excluding hydrogens is 537 g/mol. The van der Waals surface area contributed by atoms with Crippen LogP contribution in [0.3, 0.4) is 0 Å². The van der Waals surface area contributed by atoms with Crippen LogP contribution >= 0.6 is 0 Å². The van der Waals surface area contributed by atoms with Gasteiger partial charge in [0.15, 0.2) is 5.41 Å². The number of benzene rings is 2. The zero-order valence-electron chi connectivity index (χ0n) is 23.6. The molecule has 0 aliphatic carbocycles. The molecule has 0 aliphatic rings. The van der Waals surface area contributed by atoms with Crippen molar-refractivity contribution in [2.45, 2.75) is 79.8 Å². The maximum Gasteiger partial charge on any atom is 0.404 e. The van der Waals surface area contributed by atoms with Crippen molar-refractivity contribution in [3.05, 3.63) is 48.0 Å². The van der Waals surface area contributed by atoms with Crippen LogP contribution in [0.1, 0.15) is 79.2 Å². The van der Waals surface area contributed by atoms with Gasteiger partial charge < -0.3 is 9.84 Å². The number of alkyl halides is 3. The van der Waals surface area contributed by atoms with Gasteiger partial charge in [0.2, 0.25) is 0 Å². The van der Waals surface area contributed by atoms with Gasteiger partial charge in [0.1, 0.15) is 12.4 Å². The molecule has 2 N–H and O–H groups in total. The number of carboxylic acids is 1. The molecule has 0 bridgehead atoms. The maximum absolute atomic E-state index is 12.0. The lowest BCUT2D eigenvalue weighted by Crippen LogP contribution is -2.41. The number of esters is 1. The number of fused-ring (bicyclic) bond motifs is 1. The van der Waals surface area contributed by atoms with Gasteiger partial charge in [0, 0.05) is 0 Å². The average molecular weight is 579 g/mol. The Balaban J connectivity index is 0.000000561.